The summed E-state index contributed by atoms with van der Waals surface area (Å²) in [6.45, 7) is 5.20. The van der Waals surface area contributed by atoms with Crippen LogP contribution in [-0.4, -0.2) is 26.3 Å². The van der Waals surface area contributed by atoms with Gasteiger partial charge in [-0.1, -0.05) is 25.4 Å². The Hall–Kier alpha value is -1.79. The minimum absolute atomic E-state index is 0.296. The molecule has 0 aliphatic heterocycles. The zero-order valence-electron chi connectivity index (χ0n) is 13.9. The van der Waals surface area contributed by atoms with Gasteiger partial charge in [-0.05, 0) is 41.8 Å². The molecule has 0 amide bonds. The first-order chi connectivity index (χ1) is 11.3. The molecule has 1 aromatic carbocycles. The van der Waals surface area contributed by atoms with E-state index in [4.69, 9.17) is 16.3 Å². The fourth-order valence-electron chi connectivity index (χ4n) is 1.94. The van der Waals surface area contributed by atoms with Crippen molar-refractivity contribution < 1.29 is 13.2 Å². The van der Waals surface area contributed by atoms with E-state index in [0.717, 1.165) is 11.3 Å². The van der Waals surface area contributed by atoms with Crippen LogP contribution < -0.4 is 10.1 Å². The van der Waals surface area contributed by atoms with E-state index in [1.807, 2.05) is 6.07 Å². The number of halogens is 1. The van der Waals surface area contributed by atoms with Crippen LogP contribution in [0.1, 0.15) is 19.4 Å². The summed E-state index contributed by atoms with van der Waals surface area (Å²) in [6.07, 6.45) is 2.89. The quantitative estimate of drug-likeness (QED) is 0.805. The Balaban J connectivity index is 1.98. The molecule has 0 unspecified atom stereocenters. The van der Waals surface area contributed by atoms with Crippen LogP contribution in [0.25, 0.3) is 0 Å². The van der Waals surface area contributed by atoms with Crippen molar-refractivity contribution in [2.24, 2.45) is 5.92 Å². The molecule has 0 bridgehead atoms. The number of hydrogen-bond acceptors (Lipinski definition) is 5. The molecule has 1 heterocycles. The maximum Gasteiger partial charge on any atom is 0.232 e. The molecule has 0 saturated heterocycles. The first-order valence-electron chi connectivity index (χ1n) is 7.57. The highest BCUT2D eigenvalue weighted by Crippen LogP contribution is 2.23. The second-order valence-electron chi connectivity index (χ2n) is 5.99. The topological polar surface area (TPSA) is 68.3 Å². The van der Waals surface area contributed by atoms with Crippen LogP contribution >= 0.6 is 11.6 Å². The van der Waals surface area contributed by atoms with Crippen molar-refractivity contribution in [3.63, 3.8) is 0 Å². The lowest BCUT2D eigenvalue weighted by Crippen LogP contribution is -2.07. The zero-order valence-corrected chi connectivity index (χ0v) is 15.5. The van der Waals surface area contributed by atoms with Crippen molar-refractivity contribution in [2.45, 2.75) is 25.3 Å². The molecule has 0 fully saturated rings. The van der Waals surface area contributed by atoms with E-state index in [0.29, 0.717) is 34.9 Å². The summed E-state index contributed by atoms with van der Waals surface area (Å²) in [6, 6.07) is 8.41. The van der Waals surface area contributed by atoms with Gasteiger partial charge in [0.05, 0.1) is 11.5 Å². The molecule has 7 heteroatoms. The Morgan fingerprint density at radius 3 is 2.46 bits per heavy atom. The number of benzene rings is 1. The second-order valence-corrected chi connectivity index (χ2v) is 8.41. The van der Waals surface area contributed by atoms with Crippen molar-refractivity contribution in [3.05, 3.63) is 47.1 Å². The highest BCUT2D eigenvalue weighted by molar-refractivity contribution is 7.90. The van der Waals surface area contributed by atoms with Gasteiger partial charge in [0.25, 0.3) is 0 Å². The maximum atomic E-state index is 11.4. The minimum Gasteiger partial charge on any atom is -0.476 e. The average Bonchev–Trinajstić information content (AvgIpc) is 2.51. The highest BCUT2D eigenvalue weighted by Gasteiger charge is 2.08. The van der Waals surface area contributed by atoms with Crippen LogP contribution in [0.5, 0.6) is 5.88 Å². The monoisotopic (exact) mass is 368 g/mol. The second kappa shape index (κ2) is 7.85. The summed E-state index contributed by atoms with van der Waals surface area (Å²) >= 11 is 6.18. The van der Waals surface area contributed by atoms with Gasteiger partial charge in [-0.15, -0.1) is 0 Å². The number of nitrogens with zero attached hydrogens (tertiary/aromatic N) is 1. The predicted octanol–water partition coefficient (Wildman–Crippen LogP) is 3.79. The molecule has 24 heavy (non-hydrogen) atoms. The fourth-order valence-corrected chi connectivity index (χ4v) is 2.81. The minimum atomic E-state index is -3.18. The standard InChI is InChI=1S/C17H21ClN2O3S/c1-12(2)11-23-17-16(18)8-13(10-20-17)9-19-14-4-6-15(7-5-14)24(3,21)22/h4-8,10,12,19H,9,11H2,1-3H3. The van der Waals surface area contributed by atoms with Gasteiger partial charge in [0.1, 0.15) is 5.02 Å². The maximum absolute atomic E-state index is 11.4. The molecule has 130 valence electrons. The number of rotatable bonds is 7. The van der Waals surface area contributed by atoms with Gasteiger partial charge in [-0.3, -0.25) is 0 Å². The summed E-state index contributed by atoms with van der Waals surface area (Å²) in [4.78, 5) is 4.53. The van der Waals surface area contributed by atoms with Gasteiger partial charge in [-0.2, -0.15) is 0 Å². The zero-order chi connectivity index (χ0) is 17.7. The van der Waals surface area contributed by atoms with E-state index in [2.05, 4.69) is 24.1 Å². The number of hydrogen-bond donors (Lipinski definition) is 1. The Bertz CT molecular complexity index is 790. The molecule has 0 atom stereocenters. The molecular formula is C17H21ClN2O3S. The predicted molar refractivity (Wildman–Crippen MR) is 96.5 cm³/mol. The van der Waals surface area contributed by atoms with Crippen molar-refractivity contribution in [3.8, 4) is 5.88 Å². The van der Waals surface area contributed by atoms with E-state index in [9.17, 15) is 8.42 Å². The molecule has 0 spiro atoms. The number of anilines is 1. The molecular weight excluding hydrogens is 348 g/mol. The molecule has 1 aromatic heterocycles. The van der Waals surface area contributed by atoms with Crippen LogP contribution in [0, 0.1) is 5.92 Å². The third kappa shape index (κ3) is 5.39. The molecule has 0 aliphatic carbocycles. The van der Waals surface area contributed by atoms with Gasteiger partial charge < -0.3 is 10.1 Å². The molecule has 1 N–H and O–H groups in total. The Morgan fingerprint density at radius 1 is 1.25 bits per heavy atom. The number of nitrogens with one attached hydrogen (secondary N) is 1. The van der Waals surface area contributed by atoms with Crippen LogP contribution in [0.2, 0.25) is 5.02 Å². The fraction of sp³-hybridized carbons (Fsp3) is 0.353. The number of ether oxygens (including phenoxy) is 1. The largest absolute Gasteiger partial charge is 0.476 e. The van der Waals surface area contributed by atoms with Gasteiger partial charge in [0.2, 0.25) is 5.88 Å². The van der Waals surface area contributed by atoms with Gasteiger partial charge in [-0.25, -0.2) is 13.4 Å². The normalized spacial score (nSPS) is 11.5. The van der Waals surface area contributed by atoms with Gasteiger partial charge >= 0.3 is 0 Å². The van der Waals surface area contributed by atoms with E-state index >= 15 is 0 Å². The van der Waals surface area contributed by atoms with Crippen LogP contribution in [0.15, 0.2) is 41.4 Å². The lowest BCUT2D eigenvalue weighted by molar-refractivity contribution is 0.261. The van der Waals surface area contributed by atoms with Crippen molar-refractivity contribution in [2.75, 3.05) is 18.2 Å². The number of pyridine rings is 1. The summed E-state index contributed by atoms with van der Waals surface area (Å²) < 4.78 is 28.4. The number of aromatic nitrogens is 1. The van der Waals surface area contributed by atoms with Crippen molar-refractivity contribution >= 4 is 27.1 Å². The molecule has 0 aliphatic rings. The Morgan fingerprint density at radius 2 is 1.92 bits per heavy atom. The summed E-state index contributed by atoms with van der Waals surface area (Å²) in [7, 11) is -3.18. The lowest BCUT2D eigenvalue weighted by atomic mass is 10.2. The van der Waals surface area contributed by atoms with E-state index < -0.39 is 9.84 Å². The van der Waals surface area contributed by atoms with Crippen molar-refractivity contribution in [1.82, 2.24) is 4.98 Å². The third-order valence-electron chi connectivity index (χ3n) is 3.20. The first-order valence-corrected chi connectivity index (χ1v) is 9.84. The molecule has 2 rings (SSSR count). The summed E-state index contributed by atoms with van der Waals surface area (Å²) in [5.41, 5.74) is 1.72. The van der Waals surface area contributed by atoms with E-state index in [1.54, 1.807) is 30.5 Å². The molecule has 5 nitrogen and oxygen atoms in total. The average molecular weight is 369 g/mol. The highest BCUT2D eigenvalue weighted by atomic mass is 35.5. The van der Waals surface area contributed by atoms with Gasteiger partial charge in [0.15, 0.2) is 9.84 Å². The lowest BCUT2D eigenvalue weighted by Gasteiger charge is -2.11. The first kappa shape index (κ1) is 18.5. The van der Waals surface area contributed by atoms with Gasteiger partial charge in [0, 0.05) is 24.7 Å². The molecule has 0 radical (unpaired) electrons. The smallest absolute Gasteiger partial charge is 0.232 e. The summed E-state index contributed by atoms with van der Waals surface area (Å²) in [5.74, 6) is 0.839. The van der Waals surface area contributed by atoms with Crippen LogP contribution in [0.4, 0.5) is 5.69 Å². The van der Waals surface area contributed by atoms with Crippen LogP contribution in [-0.2, 0) is 16.4 Å². The van der Waals surface area contributed by atoms with E-state index in [1.165, 1.54) is 6.26 Å². The summed E-state index contributed by atoms with van der Waals surface area (Å²) in [5, 5.41) is 3.68. The molecule has 2 aromatic rings. The SMILES string of the molecule is CC(C)COc1ncc(CNc2ccc(S(C)(=O)=O)cc2)cc1Cl. The Kier molecular flexibility index (Phi) is 6.07. The van der Waals surface area contributed by atoms with E-state index in [-0.39, 0.29) is 0 Å². The number of sulfone groups is 1. The Labute approximate surface area is 147 Å². The third-order valence-corrected chi connectivity index (χ3v) is 4.60. The van der Waals surface area contributed by atoms with Crippen LogP contribution in [0.3, 0.4) is 0 Å². The molecule has 0 saturated carbocycles. The van der Waals surface area contributed by atoms with Crippen molar-refractivity contribution in [1.29, 1.82) is 0 Å².